The van der Waals surface area contributed by atoms with Gasteiger partial charge in [0.05, 0.1) is 36.6 Å². The molecule has 0 bridgehead atoms. The fraction of sp³-hybridized carbons (Fsp3) is 0.455. The predicted octanol–water partition coefficient (Wildman–Crippen LogP) is 1.27. The summed E-state index contributed by atoms with van der Waals surface area (Å²) in [6.07, 6.45) is -0.328. The van der Waals surface area contributed by atoms with Crippen molar-refractivity contribution in [3.63, 3.8) is 0 Å². The van der Waals surface area contributed by atoms with Crippen LogP contribution in [0.3, 0.4) is 0 Å². The molecule has 0 saturated carbocycles. The molecular weight excluding hydrogens is 327 g/mol. The van der Waals surface area contributed by atoms with Gasteiger partial charge >= 0.3 is 0 Å². The zero-order chi connectivity index (χ0) is 14.8. The number of hydrogen-bond donors (Lipinski definition) is 2. The summed E-state index contributed by atoms with van der Waals surface area (Å²) in [6.45, 7) is 1.38. The summed E-state index contributed by atoms with van der Waals surface area (Å²) in [4.78, 5) is -0.180. The molecule has 1 saturated heterocycles. The Morgan fingerprint density at radius 1 is 1.35 bits per heavy atom. The van der Waals surface area contributed by atoms with Crippen LogP contribution in [-0.2, 0) is 19.5 Å². The summed E-state index contributed by atoms with van der Waals surface area (Å²) in [5.74, 6) is 0. The maximum atomic E-state index is 12.2. The van der Waals surface area contributed by atoms with Crippen molar-refractivity contribution in [3.05, 3.63) is 22.2 Å². The molecule has 1 heterocycles. The molecule has 1 fully saturated rings. The van der Waals surface area contributed by atoms with Crippen LogP contribution in [0.1, 0.15) is 0 Å². The number of sulfonamides is 1. The van der Waals surface area contributed by atoms with E-state index in [0.29, 0.717) is 19.8 Å². The van der Waals surface area contributed by atoms with Crippen LogP contribution in [0.25, 0.3) is 0 Å². The molecule has 1 aromatic rings. The first-order chi connectivity index (χ1) is 9.40. The summed E-state index contributed by atoms with van der Waals surface area (Å²) in [5, 5.41) is 0.249. The number of nitrogens with one attached hydrogen (secondary N) is 1. The van der Waals surface area contributed by atoms with Gasteiger partial charge in [0.1, 0.15) is 4.90 Å². The van der Waals surface area contributed by atoms with Crippen LogP contribution in [0.4, 0.5) is 5.69 Å². The largest absolute Gasteiger partial charge is 0.398 e. The lowest BCUT2D eigenvalue weighted by Gasteiger charge is -2.23. The SMILES string of the molecule is Nc1cc(Cl)cc(Cl)c1S(=O)(=O)NCC1COCCO1. The highest BCUT2D eigenvalue weighted by molar-refractivity contribution is 7.89. The second-order valence-electron chi connectivity index (χ2n) is 4.23. The topological polar surface area (TPSA) is 90.7 Å². The van der Waals surface area contributed by atoms with Gasteiger partial charge in [0.2, 0.25) is 10.0 Å². The van der Waals surface area contributed by atoms with Crippen molar-refractivity contribution in [1.29, 1.82) is 0 Å². The first-order valence-electron chi connectivity index (χ1n) is 5.83. The summed E-state index contributed by atoms with van der Waals surface area (Å²) in [5.41, 5.74) is 5.67. The standard InChI is InChI=1S/C11H14Cl2N2O4S/c12-7-3-9(13)11(10(14)4-7)20(16,17)15-5-8-6-18-1-2-19-8/h3-4,8,15H,1-2,5-6,14H2. The van der Waals surface area contributed by atoms with Crippen LogP contribution >= 0.6 is 23.2 Å². The minimum atomic E-state index is -3.84. The van der Waals surface area contributed by atoms with Crippen LogP contribution < -0.4 is 10.5 Å². The number of hydrogen-bond acceptors (Lipinski definition) is 5. The summed E-state index contributed by atoms with van der Waals surface area (Å²) < 4.78 is 37.4. The quantitative estimate of drug-likeness (QED) is 0.805. The van der Waals surface area contributed by atoms with E-state index in [2.05, 4.69) is 4.72 Å². The molecule has 0 aromatic heterocycles. The number of rotatable bonds is 4. The lowest BCUT2D eigenvalue weighted by Crippen LogP contribution is -2.39. The minimum Gasteiger partial charge on any atom is -0.398 e. The Balaban J connectivity index is 2.14. The first-order valence-corrected chi connectivity index (χ1v) is 8.07. The van der Waals surface area contributed by atoms with Crippen LogP contribution in [0.2, 0.25) is 10.0 Å². The minimum absolute atomic E-state index is 0.00388. The third kappa shape index (κ3) is 3.75. The van der Waals surface area contributed by atoms with Crippen LogP contribution in [0.15, 0.2) is 17.0 Å². The van der Waals surface area contributed by atoms with Crippen LogP contribution in [-0.4, -0.2) is 40.9 Å². The normalized spacial score (nSPS) is 20.0. The molecule has 1 aliphatic rings. The fourth-order valence-electron chi connectivity index (χ4n) is 1.79. The molecular formula is C11H14Cl2N2O4S. The molecule has 2 rings (SSSR count). The molecule has 0 radical (unpaired) electrons. The van der Waals surface area contributed by atoms with Crippen molar-refractivity contribution in [2.75, 3.05) is 32.1 Å². The molecule has 9 heteroatoms. The second-order valence-corrected chi connectivity index (χ2v) is 6.77. The van der Waals surface area contributed by atoms with E-state index < -0.39 is 10.0 Å². The summed E-state index contributed by atoms with van der Waals surface area (Å²) >= 11 is 11.7. The molecule has 0 amide bonds. The van der Waals surface area contributed by atoms with Gasteiger partial charge in [-0.05, 0) is 12.1 Å². The highest BCUT2D eigenvalue weighted by Gasteiger charge is 2.24. The number of nitrogen functional groups attached to an aromatic ring is 1. The van der Waals surface area contributed by atoms with Crippen molar-refractivity contribution in [2.45, 2.75) is 11.0 Å². The molecule has 0 spiro atoms. The lowest BCUT2D eigenvalue weighted by atomic mass is 10.3. The Labute approximate surface area is 127 Å². The Hall–Kier alpha value is -0.570. The molecule has 3 N–H and O–H groups in total. The van der Waals surface area contributed by atoms with Crippen molar-refractivity contribution in [1.82, 2.24) is 4.72 Å². The monoisotopic (exact) mass is 340 g/mol. The lowest BCUT2D eigenvalue weighted by molar-refractivity contribution is -0.0846. The highest BCUT2D eigenvalue weighted by Crippen LogP contribution is 2.30. The molecule has 1 aliphatic heterocycles. The third-order valence-electron chi connectivity index (χ3n) is 2.69. The van der Waals surface area contributed by atoms with Crippen molar-refractivity contribution < 1.29 is 17.9 Å². The highest BCUT2D eigenvalue weighted by atomic mass is 35.5. The average Bonchev–Trinajstić information content (AvgIpc) is 2.36. The van der Waals surface area contributed by atoms with E-state index >= 15 is 0 Å². The van der Waals surface area contributed by atoms with Gasteiger partial charge in [0, 0.05) is 11.6 Å². The fourth-order valence-corrected chi connectivity index (χ4v) is 3.84. The number of ether oxygens (including phenoxy) is 2. The zero-order valence-corrected chi connectivity index (χ0v) is 12.8. The molecule has 0 aliphatic carbocycles. The van der Waals surface area contributed by atoms with Crippen LogP contribution in [0, 0.1) is 0 Å². The Morgan fingerprint density at radius 3 is 2.70 bits per heavy atom. The van der Waals surface area contributed by atoms with Gasteiger partial charge in [-0.1, -0.05) is 23.2 Å². The van der Waals surface area contributed by atoms with Gasteiger partial charge in [-0.25, -0.2) is 13.1 Å². The zero-order valence-electron chi connectivity index (χ0n) is 10.4. The van der Waals surface area contributed by atoms with Gasteiger partial charge in [0.15, 0.2) is 0 Å². The van der Waals surface area contributed by atoms with Crippen LogP contribution in [0.5, 0.6) is 0 Å². The molecule has 1 unspecified atom stereocenters. The maximum absolute atomic E-state index is 12.2. The molecule has 1 aromatic carbocycles. The second kappa shape index (κ2) is 6.46. The Kier molecular flexibility index (Phi) is 5.11. The van der Waals surface area contributed by atoms with E-state index in [1.54, 1.807) is 0 Å². The molecule has 1 atom stereocenters. The molecule has 20 heavy (non-hydrogen) atoms. The number of nitrogens with two attached hydrogens (primary N) is 1. The van der Waals surface area contributed by atoms with Crippen molar-refractivity contribution in [2.24, 2.45) is 0 Å². The molecule has 6 nitrogen and oxygen atoms in total. The number of anilines is 1. The van der Waals surface area contributed by atoms with E-state index in [-0.39, 0.29) is 33.3 Å². The molecule has 112 valence electrons. The van der Waals surface area contributed by atoms with Gasteiger partial charge in [-0.3, -0.25) is 0 Å². The third-order valence-corrected chi connectivity index (χ3v) is 4.86. The smallest absolute Gasteiger partial charge is 0.244 e. The van der Waals surface area contributed by atoms with E-state index in [9.17, 15) is 8.42 Å². The first kappa shape index (κ1) is 15.8. The van der Waals surface area contributed by atoms with Crippen molar-refractivity contribution in [3.8, 4) is 0 Å². The van der Waals surface area contributed by atoms with E-state index in [1.807, 2.05) is 0 Å². The van der Waals surface area contributed by atoms with Gasteiger partial charge in [-0.2, -0.15) is 0 Å². The summed E-state index contributed by atoms with van der Waals surface area (Å²) in [6, 6.07) is 2.66. The van der Waals surface area contributed by atoms with Gasteiger partial charge < -0.3 is 15.2 Å². The summed E-state index contributed by atoms with van der Waals surface area (Å²) in [7, 11) is -3.84. The number of benzene rings is 1. The Bertz CT molecular complexity index is 565. The van der Waals surface area contributed by atoms with E-state index in [0.717, 1.165) is 0 Å². The predicted molar refractivity (Wildman–Crippen MR) is 76.6 cm³/mol. The van der Waals surface area contributed by atoms with Crippen molar-refractivity contribution >= 4 is 38.9 Å². The number of halogens is 2. The Morgan fingerprint density at radius 2 is 2.10 bits per heavy atom. The van der Waals surface area contributed by atoms with E-state index in [4.69, 9.17) is 38.4 Å². The van der Waals surface area contributed by atoms with Gasteiger partial charge in [-0.15, -0.1) is 0 Å². The van der Waals surface area contributed by atoms with E-state index in [1.165, 1.54) is 12.1 Å². The average molecular weight is 341 g/mol. The maximum Gasteiger partial charge on any atom is 0.244 e. The van der Waals surface area contributed by atoms with Gasteiger partial charge in [0.25, 0.3) is 0 Å².